The van der Waals surface area contributed by atoms with Crippen LogP contribution in [0.1, 0.15) is 11.1 Å². The molecule has 0 atom stereocenters. The van der Waals surface area contributed by atoms with Crippen molar-refractivity contribution in [1.29, 1.82) is 10.5 Å². The average Bonchev–Trinajstić information content (AvgIpc) is 3.20. The summed E-state index contributed by atoms with van der Waals surface area (Å²) in [5.74, 6) is 3.11. The molecule has 7 aromatic rings. The van der Waals surface area contributed by atoms with Crippen LogP contribution >= 0.6 is 0 Å². The Morgan fingerprint density at radius 3 is 1.29 bits per heavy atom. The molecule has 0 aromatic heterocycles. The summed E-state index contributed by atoms with van der Waals surface area (Å²) in [7, 11) is 0. The lowest BCUT2D eigenvalue weighted by atomic mass is 9.30. The highest BCUT2D eigenvalue weighted by Gasteiger charge is 2.47. The fourth-order valence-electron chi connectivity index (χ4n) is 8.79. The molecule has 0 spiro atoms. The van der Waals surface area contributed by atoms with E-state index in [2.05, 4.69) is 82.6 Å². The fraction of sp³-hybridized carbons (Fsp3) is 0. The molecule has 0 N–H and O–H groups in total. The van der Waals surface area contributed by atoms with Crippen LogP contribution in [-0.2, 0) is 0 Å². The van der Waals surface area contributed by atoms with E-state index in [0.29, 0.717) is 11.1 Å². The highest BCUT2D eigenvalue weighted by atomic mass is 16.5. The molecule has 7 aromatic carbocycles. The summed E-state index contributed by atoms with van der Waals surface area (Å²) in [5.41, 5.74) is 12.9. The third-order valence-electron chi connectivity index (χ3n) is 10.8. The molecule has 0 fully saturated rings. The number of nitriles is 2. The third-order valence-corrected chi connectivity index (χ3v) is 10.8. The van der Waals surface area contributed by atoms with E-state index in [1.165, 1.54) is 0 Å². The van der Waals surface area contributed by atoms with Crippen LogP contribution in [0.15, 0.2) is 146 Å². The van der Waals surface area contributed by atoms with Crippen LogP contribution < -0.4 is 52.1 Å². The van der Waals surface area contributed by atoms with Gasteiger partial charge in [-0.3, -0.25) is 0 Å². The van der Waals surface area contributed by atoms with Crippen LogP contribution in [0.2, 0.25) is 0 Å². The molecular formula is C44H24B2N4O2. The fourth-order valence-corrected chi connectivity index (χ4v) is 8.79. The Balaban J connectivity index is 1.30. The number of hydrogen-bond acceptors (Lipinski definition) is 6. The minimum atomic E-state index is -0.199. The van der Waals surface area contributed by atoms with E-state index in [1.54, 1.807) is 0 Å². The number of rotatable bonds is 2. The summed E-state index contributed by atoms with van der Waals surface area (Å²) in [4.78, 5) is 4.44. The lowest BCUT2D eigenvalue weighted by Crippen LogP contribution is -2.64. The molecule has 6 nitrogen and oxygen atoms in total. The van der Waals surface area contributed by atoms with Crippen molar-refractivity contribution in [1.82, 2.24) is 0 Å². The molecule has 4 heterocycles. The van der Waals surface area contributed by atoms with Crippen molar-refractivity contribution >= 4 is 80.3 Å². The van der Waals surface area contributed by atoms with Gasteiger partial charge in [0.1, 0.15) is 35.1 Å². The number of anilines is 6. The first-order valence-electron chi connectivity index (χ1n) is 17.3. The highest BCUT2D eigenvalue weighted by molar-refractivity contribution is 7.02. The first kappa shape index (κ1) is 28.7. The molecule has 11 rings (SSSR count). The maximum absolute atomic E-state index is 10.6. The molecule has 238 valence electrons. The second-order valence-corrected chi connectivity index (χ2v) is 13.4. The van der Waals surface area contributed by atoms with E-state index < -0.39 is 0 Å². The van der Waals surface area contributed by atoms with Crippen molar-refractivity contribution in [2.24, 2.45) is 0 Å². The molecule has 0 saturated heterocycles. The van der Waals surface area contributed by atoms with Gasteiger partial charge in [0.15, 0.2) is 0 Å². The van der Waals surface area contributed by atoms with Gasteiger partial charge in [0, 0.05) is 22.7 Å². The van der Waals surface area contributed by atoms with Crippen molar-refractivity contribution in [3.8, 4) is 35.1 Å². The zero-order valence-electron chi connectivity index (χ0n) is 27.6. The van der Waals surface area contributed by atoms with Crippen LogP contribution in [0, 0.1) is 22.7 Å². The Morgan fingerprint density at radius 1 is 0.423 bits per heavy atom. The third kappa shape index (κ3) is 3.78. The summed E-state index contributed by atoms with van der Waals surface area (Å²) in [6.07, 6.45) is 0. The van der Waals surface area contributed by atoms with Gasteiger partial charge in [-0.05, 0) is 99.5 Å². The smallest absolute Gasteiger partial charge is 0.256 e. The summed E-state index contributed by atoms with van der Waals surface area (Å²) in [6, 6.07) is 54.2. The molecule has 0 saturated carbocycles. The number of hydrogen-bond donors (Lipinski definition) is 0. The van der Waals surface area contributed by atoms with E-state index in [0.717, 1.165) is 89.9 Å². The molecule has 0 aliphatic carbocycles. The van der Waals surface area contributed by atoms with Crippen LogP contribution in [-0.4, -0.2) is 13.4 Å². The first-order chi connectivity index (χ1) is 25.7. The topological polar surface area (TPSA) is 72.5 Å². The Kier molecular flexibility index (Phi) is 5.88. The predicted molar refractivity (Wildman–Crippen MR) is 208 cm³/mol. The number of para-hydroxylation sites is 4. The molecular weight excluding hydrogens is 638 g/mol. The van der Waals surface area contributed by atoms with E-state index in [1.807, 2.05) is 84.9 Å². The van der Waals surface area contributed by atoms with Crippen molar-refractivity contribution in [3.63, 3.8) is 0 Å². The first-order valence-corrected chi connectivity index (χ1v) is 17.3. The molecule has 0 radical (unpaired) electrons. The molecule has 4 aliphatic rings. The van der Waals surface area contributed by atoms with Crippen LogP contribution in [0.5, 0.6) is 23.0 Å². The Hall–Kier alpha value is -7.15. The number of ether oxygens (including phenoxy) is 2. The number of fused-ring (bicyclic) bond motifs is 8. The van der Waals surface area contributed by atoms with Crippen molar-refractivity contribution < 1.29 is 9.47 Å². The van der Waals surface area contributed by atoms with Crippen LogP contribution in [0.4, 0.5) is 34.1 Å². The monoisotopic (exact) mass is 662 g/mol. The zero-order chi connectivity index (χ0) is 34.5. The van der Waals surface area contributed by atoms with Gasteiger partial charge in [-0.15, -0.1) is 0 Å². The largest absolute Gasteiger partial charge is 0.458 e. The van der Waals surface area contributed by atoms with Crippen LogP contribution in [0.3, 0.4) is 0 Å². The van der Waals surface area contributed by atoms with Gasteiger partial charge in [-0.25, -0.2) is 0 Å². The number of nitrogens with zero attached hydrogens (tertiary/aromatic N) is 4. The Bertz CT molecular complexity index is 2570. The summed E-state index contributed by atoms with van der Waals surface area (Å²) in [6.45, 7) is -0.398. The molecule has 0 unspecified atom stereocenters. The predicted octanol–water partition coefficient (Wildman–Crippen LogP) is 6.24. The van der Waals surface area contributed by atoms with E-state index in [-0.39, 0.29) is 13.4 Å². The molecule has 4 aliphatic heterocycles. The van der Waals surface area contributed by atoms with Crippen molar-refractivity contribution in [2.45, 2.75) is 0 Å². The van der Waals surface area contributed by atoms with E-state index in [9.17, 15) is 10.5 Å². The minimum absolute atomic E-state index is 0.199. The molecule has 0 amide bonds. The van der Waals surface area contributed by atoms with Gasteiger partial charge in [0.2, 0.25) is 0 Å². The maximum Gasteiger partial charge on any atom is 0.256 e. The summed E-state index contributed by atoms with van der Waals surface area (Å²) < 4.78 is 13.2. The SMILES string of the molecule is N#Cc1ccc2c3c1N(c1ccccc1)c1cc4c(cc1B3c1ccccc1O2)B1c2ccccc2Oc2ccc(C#N)c(c21)N4c1ccccc1. The summed E-state index contributed by atoms with van der Waals surface area (Å²) >= 11 is 0. The second-order valence-electron chi connectivity index (χ2n) is 13.4. The lowest BCUT2D eigenvalue weighted by Gasteiger charge is -2.44. The van der Waals surface area contributed by atoms with Gasteiger partial charge in [-0.2, -0.15) is 10.5 Å². The van der Waals surface area contributed by atoms with E-state index in [4.69, 9.17) is 9.47 Å². The van der Waals surface area contributed by atoms with Crippen molar-refractivity contribution in [3.05, 3.63) is 157 Å². The normalized spacial score (nSPS) is 13.5. The highest BCUT2D eigenvalue weighted by Crippen LogP contribution is 2.47. The Morgan fingerprint density at radius 2 is 0.846 bits per heavy atom. The molecule has 8 heteroatoms. The zero-order valence-corrected chi connectivity index (χ0v) is 27.6. The minimum Gasteiger partial charge on any atom is -0.458 e. The van der Waals surface area contributed by atoms with Gasteiger partial charge >= 0.3 is 0 Å². The average molecular weight is 662 g/mol. The van der Waals surface area contributed by atoms with Gasteiger partial charge in [0.05, 0.1) is 22.5 Å². The molecule has 52 heavy (non-hydrogen) atoms. The quantitative estimate of drug-likeness (QED) is 0.204. The van der Waals surface area contributed by atoms with Gasteiger partial charge < -0.3 is 19.3 Å². The van der Waals surface area contributed by atoms with Gasteiger partial charge in [-0.1, -0.05) is 78.9 Å². The number of benzene rings is 7. The molecule has 0 bridgehead atoms. The van der Waals surface area contributed by atoms with E-state index >= 15 is 0 Å². The standard InChI is InChI=1S/C44H24B2N4O2/c47-25-27-19-21-39-41-43(27)49(29-11-3-1-4-12-29)35-24-36-34(23-33(35)45(41)31-15-7-9-17-37(31)51-39)46-32-16-8-10-18-38(32)52-40-22-20-28(26-48)44(42(40)46)50(36)30-13-5-2-6-14-30/h1-24H. The second kappa shape index (κ2) is 10.7. The lowest BCUT2D eigenvalue weighted by molar-refractivity contribution is 0.487. The van der Waals surface area contributed by atoms with Crippen molar-refractivity contribution in [2.75, 3.05) is 9.80 Å². The van der Waals surface area contributed by atoms with Crippen LogP contribution in [0.25, 0.3) is 0 Å². The van der Waals surface area contributed by atoms with Gasteiger partial charge in [0.25, 0.3) is 13.4 Å². The summed E-state index contributed by atoms with van der Waals surface area (Å²) in [5, 5.41) is 21.3. The Labute approximate surface area is 301 Å². The maximum atomic E-state index is 10.6.